The maximum Gasteiger partial charge on any atom is 0.272 e. The van der Waals surface area contributed by atoms with E-state index in [4.69, 9.17) is 0 Å². The number of carbonyl (C=O) groups is 1. The summed E-state index contributed by atoms with van der Waals surface area (Å²) >= 11 is 0. The van der Waals surface area contributed by atoms with Crippen LogP contribution in [-0.2, 0) is 13.6 Å². The molecule has 2 aromatic heterocycles. The Morgan fingerprint density at radius 1 is 1.13 bits per heavy atom. The highest BCUT2D eigenvalue weighted by atomic mass is 16.2. The molecule has 4 atom stereocenters. The Morgan fingerprint density at radius 3 is 2.53 bits per heavy atom. The van der Waals surface area contributed by atoms with Crippen LogP contribution in [0.25, 0.3) is 11.3 Å². The summed E-state index contributed by atoms with van der Waals surface area (Å²) in [5.41, 5.74) is 2.60. The van der Waals surface area contributed by atoms with Crippen LogP contribution in [0.2, 0.25) is 0 Å². The normalized spacial score (nSPS) is 27.7. The summed E-state index contributed by atoms with van der Waals surface area (Å²) in [5.74, 6) is 2.32. The monoisotopic (exact) mass is 402 g/mol. The lowest BCUT2D eigenvalue weighted by Crippen LogP contribution is -2.40. The third kappa shape index (κ3) is 2.72. The molecule has 0 radical (unpaired) electrons. The number of aryl methyl sites for hydroxylation is 1. The van der Waals surface area contributed by atoms with Crippen LogP contribution >= 0.6 is 0 Å². The molecule has 1 aromatic carbocycles. The molecule has 30 heavy (non-hydrogen) atoms. The number of nitrogens with one attached hydrogen (secondary N) is 1. The van der Waals surface area contributed by atoms with E-state index < -0.39 is 0 Å². The van der Waals surface area contributed by atoms with Gasteiger partial charge in [-0.3, -0.25) is 14.4 Å². The molecule has 3 aliphatic rings. The van der Waals surface area contributed by atoms with E-state index in [9.17, 15) is 4.79 Å². The van der Waals surface area contributed by atoms with Gasteiger partial charge in [0.15, 0.2) is 0 Å². The first-order valence-electron chi connectivity index (χ1n) is 10.8. The molecule has 0 saturated carbocycles. The molecule has 3 aromatic rings. The van der Waals surface area contributed by atoms with Crippen molar-refractivity contribution in [3.05, 3.63) is 60.3 Å². The largest absolute Gasteiger partial charge is 0.348 e. The number of benzene rings is 1. The number of likely N-dealkylation sites (tertiary alicyclic amines) is 1. The number of aromatic amines is 1. The average molecular weight is 403 g/mol. The Morgan fingerprint density at radius 2 is 1.87 bits per heavy atom. The zero-order valence-corrected chi connectivity index (χ0v) is 17.1. The van der Waals surface area contributed by atoms with Gasteiger partial charge in [0.05, 0.1) is 12.2 Å². The van der Waals surface area contributed by atoms with Gasteiger partial charge in [-0.25, -0.2) is 4.98 Å². The fraction of sp³-hybridized carbons (Fsp3) is 0.435. The molecule has 3 fully saturated rings. The summed E-state index contributed by atoms with van der Waals surface area (Å²) in [6.45, 7) is 2.98. The Balaban J connectivity index is 1.22. The van der Waals surface area contributed by atoms with E-state index in [0.29, 0.717) is 29.6 Å². The Kier molecular flexibility index (Phi) is 4.06. The van der Waals surface area contributed by atoms with Crippen LogP contribution in [0.15, 0.2) is 48.8 Å². The van der Waals surface area contributed by atoms with Crippen LogP contribution < -0.4 is 0 Å². The van der Waals surface area contributed by atoms with Crippen LogP contribution in [0.4, 0.5) is 0 Å². The van der Waals surface area contributed by atoms with Crippen LogP contribution in [0.1, 0.15) is 29.2 Å². The molecular weight excluding hydrogens is 376 g/mol. The molecule has 7 nitrogen and oxygen atoms in total. The number of rotatable bonds is 4. The summed E-state index contributed by atoms with van der Waals surface area (Å²) < 4.78 is 1.75. The number of imidazole rings is 1. The van der Waals surface area contributed by atoms with E-state index in [0.717, 1.165) is 49.6 Å². The molecule has 7 heteroatoms. The highest BCUT2D eigenvalue weighted by Gasteiger charge is 2.58. The van der Waals surface area contributed by atoms with Gasteiger partial charge in [-0.05, 0) is 30.7 Å². The molecule has 3 aliphatic heterocycles. The predicted molar refractivity (Wildman–Crippen MR) is 112 cm³/mol. The summed E-state index contributed by atoms with van der Waals surface area (Å²) in [6, 6.07) is 12.7. The molecule has 0 spiro atoms. The van der Waals surface area contributed by atoms with E-state index >= 15 is 0 Å². The summed E-state index contributed by atoms with van der Waals surface area (Å²) in [6.07, 6.45) is 5.94. The van der Waals surface area contributed by atoms with Crippen molar-refractivity contribution in [3.8, 4) is 11.3 Å². The molecule has 154 valence electrons. The fourth-order valence-electron chi connectivity index (χ4n) is 6.04. The van der Waals surface area contributed by atoms with Crippen molar-refractivity contribution in [1.29, 1.82) is 0 Å². The average Bonchev–Trinajstić information content (AvgIpc) is 3.56. The number of hydrogen-bond donors (Lipinski definition) is 1. The quantitative estimate of drug-likeness (QED) is 0.728. The smallest absolute Gasteiger partial charge is 0.272 e. The van der Waals surface area contributed by atoms with E-state index in [1.165, 1.54) is 0 Å². The topological polar surface area (TPSA) is 70.1 Å². The van der Waals surface area contributed by atoms with Crippen LogP contribution in [0.3, 0.4) is 0 Å². The molecule has 1 amide bonds. The molecule has 3 saturated heterocycles. The Bertz CT molecular complexity index is 1040. The van der Waals surface area contributed by atoms with Gasteiger partial charge in [0, 0.05) is 50.2 Å². The standard InChI is InChI=1S/C23H26N6O/c1-27-21(11-18(26-27)15-5-3-2-4-6-15)23(30)29-19-7-8-20(29)17-13-28(12-16(17)19)14-22-24-9-10-25-22/h2-6,9-11,16-17,19-20H,7-8,12-14H2,1H3,(H,24,25)/t16-,17+,19-,20+. The number of nitrogens with zero attached hydrogens (tertiary/aromatic N) is 5. The van der Waals surface area contributed by atoms with Gasteiger partial charge < -0.3 is 9.88 Å². The lowest BCUT2D eigenvalue weighted by molar-refractivity contribution is 0.0683. The lowest BCUT2D eigenvalue weighted by Gasteiger charge is -2.26. The maximum atomic E-state index is 13.6. The van der Waals surface area contributed by atoms with Crippen molar-refractivity contribution in [2.24, 2.45) is 18.9 Å². The third-order valence-corrected chi connectivity index (χ3v) is 7.28. The van der Waals surface area contributed by atoms with Crippen molar-refractivity contribution in [2.75, 3.05) is 13.1 Å². The zero-order valence-electron chi connectivity index (χ0n) is 17.1. The summed E-state index contributed by atoms with van der Waals surface area (Å²) in [7, 11) is 1.88. The van der Waals surface area contributed by atoms with Crippen molar-refractivity contribution in [1.82, 2.24) is 29.5 Å². The fourth-order valence-corrected chi connectivity index (χ4v) is 6.04. The number of hydrogen-bond acceptors (Lipinski definition) is 4. The molecule has 0 aliphatic carbocycles. The third-order valence-electron chi connectivity index (χ3n) is 7.28. The minimum absolute atomic E-state index is 0.145. The summed E-state index contributed by atoms with van der Waals surface area (Å²) in [4.78, 5) is 25.9. The maximum absolute atomic E-state index is 13.6. The minimum Gasteiger partial charge on any atom is -0.348 e. The van der Waals surface area contributed by atoms with Gasteiger partial charge >= 0.3 is 0 Å². The Hall–Kier alpha value is -2.93. The highest BCUT2D eigenvalue weighted by Crippen LogP contribution is 2.50. The van der Waals surface area contributed by atoms with Gasteiger partial charge in [-0.1, -0.05) is 30.3 Å². The zero-order chi connectivity index (χ0) is 20.2. The first-order valence-corrected chi connectivity index (χ1v) is 10.8. The van der Waals surface area contributed by atoms with Gasteiger partial charge in [0.1, 0.15) is 11.5 Å². The van der Waals surface area contributed by atoms with Gasteiger partial charge in [-0.15, -0.1) is 0 Å². The molecule has 6 rings (SSSR count). The number of fused-ring (bicyclic) bond motifs is 5. The van der Waals surface area contributed by atoms with Crippen LogP contribution in [0, 0.1) is 11.8 Å². The van der Waals surface area contributed by atoms with Gasteiger partial charge in [-0.2, -0.15) is 5.10 Å². The van der Waals surface area contributed by atoms with Gasteiger partial charge in [0.25, 0.3) is 5.91 Å². The Labute approximate surface area is 175 Å². The van der Waals surface area contributed by atoms with Gasteiger partial charge in [0.2, 0.25) is 0 Å². The molecule has 1 N–H and O–H groups in total. The second-order valence-corrected chi connectivity index (χ2v) is 8.89. The van der Waals surface area contributed by atoms with Crippen molar-refractivity contribution < 1.29 is 4.79 Å². The number of carbonyl (C=O) groups excluding carboxylic acids is 1. The van der Waals surface area contributed by atoms with Crippen molar-refractivity contribution in [2.45, 2.75) is 31.5 Å². The molecule has 0 unspecified atom stereocenters. The number of aromatic nitrogens is 4. The number of H-pyrrole nitrogens is 1. The van der Waals surface area contributed by atoms with E-state index in [1.54, 1.807) is 4.68 Å². The molecule has 5 heterocycles. The van der Waals surface area contributed by atoms with E-state index in [-0.39, 0.29) is 5.91 Å². The number of amides is 1. The summed E-state index contributed by atoms with van der Waals surface area (Å²) in [5, 5.41) is 4.62. The van der Waals surface area contributed by atoms with E-state index in [2.05, 4.69) is 24.9 Å². The second kappa shape index (κ2) is 6.80. The lowest BCUT2D eigenvalue weighted by atomic mass is 9.82. The van der Waals surface area contributed by atoms with E-state index in [1.807, 2.05) is 55.8 Å². The van der Waals surface area contributed by atoms with Crippen LogP contribution in [0.5, 0.6) is 0 Å². The van der Waals surface area contributed by atoms with Crippen LogP contribution in [-0.4, -0.2) is 60.6 Å². The highest BCUT2D eigenvalue weighted by molar-refractivity contribution is 5.94. The SMILES string of the molecule is Cn1nc(-c2ccccc2)cc1C(=O)N1[C@@H]2CC[C@H]1[C@H]1CN(Cc3ncc[nH]3)C[C@H]12. The minimum atomic E-state index is 0.145. The molecule has 2 bridgehead atoms. The first kappa shape index (κ1) is 17.9. The molecular formula is C23H26N6O. The second-order valence-electron chi connectivity index (χ2n) is 8.89. The van der Waals surface area contributed by atoms with Crippen molar-refractivity contribution in [3.63, 3.8) is 0 Å². The van der Waals surface area contributed by atoms with Crippen molar-refractivity contribution >= 4 is 5.91 Å². The first-order chi connectivity index (χ1) is 14.7. The predicted octanol–water partition coefficient (Wildman–Crippen LogP) is 2.55.